The van der Waals surface area contributed by atoms with E-state index in [9.17, 15) is 14.0 Å². The predicted octanol–water partition coefficient (Wildman–Crippen LogP) is 4.26. The van der Waals surface area contributed by atoms with Gasteiger partial charge in [0.1, 0.15) is 11.6 Å². The molecule has 1 aromatic heterocycles. The molecular weight excluding hydrogens is 361 g/mol. The van der Waals surface area contributed by atoms with E-state index < -0.39 is 17.9 Å². The number of rotatable bonds is 6. The highest BCUT2D eigenvalue weighted by Gasteiger charge is 2.31. The molecule has 0 unspecified atom stereocenters. The second-order valence-electron chi connectivity index (χ2n) is 6.62. The van der Waals surface area contributed by atoms with Crippen molar-refractivity contribution in [1.82, 2.24) is 5.32 Å². The van der Waals surface area contributed by atoms with E-state index in [1.807, 2.05) is 6.07 Å². The summed E-state index contributed by atoms with van der Waals surface area (Å²) in [4.78, 5) is 25.1. The van der Waals surface area contributed by atoms with Crippen LogP contribution in [0.5, 0.6) is 0 Å². The first-order valence-corrected chi connectivity index (χ1v) is 9.03. The Bertz CT molecular complexity index is 995. The molecule has 2 aromatic carbocycles. The second kappa shape index (κ2) is 7.68. The van der Waals surface area contributed by atoms with Crippen LogP contribution in [0.2, 0.25) is 0 Å². The van der Waals surface area contributed by atoms with Gasteiger partial charge in [0.05, 0.1) is 5.56 Å². The summed E-state index contributed by atoms with van der Waals surface area (Å²) >= 11 is 0. The van der Waals surface area contributed by atoms with Crippen molar-refractivity contribution in [3.05, 3.63) is 83.9 Å². The van der Waals surface area contributed by atoms with Gasteiger partial charge in [-0.05, 0) is 37.1 Å². The van der Waals surface area contributed by atoms with Gasteiger partial charge in [-0.1, -0.05) is 42.5 Å². The molecule has 0 saturated heterocycles. The maximum Gasteiger partial charge on any atom is 0.375 e. The van der Waals surface area contributed by atoms with E-state index in [1.54, 1.807) is 42.5 Å². The molecule has 28 heavy (non-hydrogen) atoms. The summed E-state index contributed by atoms with van der Waals surface area (Å²) in [6.45, 7) is 0. The van der Waals surface area contributed by atoms with E-state index in [1.165, 1.54) is 18.2 Å². The second-order valence-corrected chi connectivity index (χ2v) is 6.62. The Kier molecular flexibility index (Phi) is 4.93. The molecule has 1 atom stereocenters. The number of ether oxygens (including phenoxy) is 1. The lowest BCUT2D eigenvalue weighted by Gasteiger charge is -2.17. The number of hydrogen-bond donors (Lipinski definition) is 1. The van der Waals surface area contributed by atoms with Crippen LogP contribution >= 0.6 is 0 Å². The third-order valence-electron chi connectivity index (χ3n) is 4.44. The van der Waals surface area contributed by atoms with Gasteiger partial charge in [0.2, 0.25) is 11.9 Å². The van der Waals surface area contributed by atoms with Gasteiger partial charge in [-0.2, -0.15) is 0 Å². The van der Waals surface area contributed by atoms with Crippen LogP contribution in [0.3, 0.4) is 0 Å². The van der Waals surface area contributed by atoms with E-state index in [2.05, 4.69) is 5.32 Å². The topological polar surface area (TPSA) is 68.5 Å². The molecule has 0 aliphatic heterocycles. The molecule has 0 radical (unpaired) electrons. The summed E-state index contributed by atoms with van der Waals surface area (Å²) in [6.07, 6.45) is 0.757. The zero-order valence-electron chi connectivity index (χ0n) is 14.9. The van der Waals surface area contributed by atoms with E-state index in [0.29, 0.717) is 5.56 Å². The number of carbonyl (C=O) groups is 2. The first kappa shape index (κ1) is 18.0. The van der Waals surface area contributed by atoms with Crippen LogP contribution in [0.25, 0.3) is 11.3 Å². The van der Waals surface area contributed by atoms with Crippen LogP contribution in [-0.4, -0.2) is 17.9 Å². The molecule has 1 fully saturated rings. The minimum absolute atomic E-state index is 0.0987. The number of hydrogen-bond acceptors (Lipinski definition) is 4. The Labute approximate surface area is 161 Å². The lowest BCUT2D eigenvalue weighted by Crippen LogP contribution is -2.33. The Morgan fingerprint density at radius 3 is 2.43 bits per heavy atom. The van der Waals surface area contributed by atoms with E-state index >= 15 is 0 Å². The molecule has 1 saturated carbocycles. The highest BCUT2D eigenvalue weighted by molar-refractivity contribution is 5.91. The van der Waals surface area contributed by atoms with Gasteiger partial charge in [0, 0.05) is 11.6 Å². The summed E-state index contributed by atoms with van der Waals surface area (Å²) < 4.78 is 24.9. The van der Waals surface area contributed by atoms with Crippen LogP contribution in [-0.2, 0) is 9.53 Å². The number of halogens is 1. The van der Waals surface area contributed by atoms with Gasteiger partial charge in [-0.3, -0.25) is 4.79 Å². The third kappa shape index (κ3) is 3.96. The average Bonchev–Trinajstić information content (AvgIpc) is 3.38. The first-order valence-electron chi connectivity index (χ1n) is 9.03. The summed E-state index contributed by atoms with van der Waals surface area (Å²) in [6, 6.07) is 17.9. The molecule has 1 aliphatic carbocycles. The van der Waals surface area contributed by atoms with Crippen LogP contribution in [0.15, 0.2) is 71.1 Å². The molecule has 0 bridgehead atoms. The monoisotopic (exact) mass is 379 g/mol. The standard InChI is InChI=1S/C22H18FNO4/c23-17-9-5-4-8-16(17)18-12-13-19(27-18)22(26)28-20(14-6-2-1-3-7-14)21(25)24-15-10-11-15/h1-9,12-13,15,20H,10-11H2,(H,24,25)/t20-/m1/s1. The van der Waals surface area contributed by atoms with Gasteiger partial charge in [0.25, 0.3) is 5.91 Å². The third-order valence-corrected chi connectivity index (χ3v) is 4.44. The van der Waals surface area contributed by atoms with E-state index in [0.717, 1.165) is 12.8 Å². The van der Waals surface area contributed by atoms with Gasteiger partial charge >= 0.3 is 5.97 Å². The fourth-order valence-corrected chi connectivity index (χ4v) is 2.82. The van der Waals surface area contributed by atoms with E-state index in [-0.39, 0.29) is 29.0 Å². The lowest BCUT2D eigenvalue weighted by molar-refractivity contribution is -0.130. The molecule has 1 amide bonds. The molecule has 142 valence electrons. The normalized spacial score (nSPS) is 14.3. The number of carbonyl (C=O) groups excluding carboxylic acids is 2. The zero-order chi connectivity index (χ0) is 19.5. The van der Waals surface area contributed by atoms with Crippen molar-refractivity contribution in [1.29, 1.82) is 0 Å². The number of amides is 1. The molecule has 1 aliphatic rings. The molecule has 1 N–H and O–H groups in total. The van der Waals surface area contributed by atoms with Crippen molar-refractivity contribution in [2.24, 2.45) is 0 Å². The van der Waals surface area contributed by atoms with Crippen molar-refractivity contribution >= 4 is 11.9 Å². The van der Waals surface area contributed by atoms with E-state index in [4.69, 9.17) is 9.15 Å². The van der Waals surface area contributed by atoms with Gasteiger partial charge < -0.3 is 14.5 Å². The fourth-order valence-electron chi connectivity index (χ4n) is 2.82. The minimum Gasteiger partial charge on any atom is -0.449 e. The van der Waals surface area contributed by atoms with Crippen molar-refractivity contribution < 1.29 is 23.1 Å². The number of benzene rings is 2. The SMILES string of the molecule is O=C(O[C@@H](C(=O)NC1CC1)c1ccccc1)c1ccc(-c2ccccc2F)o1. The molecule has 0 spiro atoms. The smallest absolute Gasteiger partial charge is 0.375 e. The van der Waals surface area contributed by atoms with Crippen LogP contribution in [0, 0.1) is 5.82 Å². The van der Waals surface area contributed by atoms with Gasteiger partial charge in [-0.15, -0.1) is 0 Å². The van der Waals surface area contributed by atoms with Gasteiger partial charge in [0.15, 0.2) is 0 Å². The number of nitrogens with one attached hydrogen (secondary N) is 1. The van der Waals surface area contributed by atoms with Crippen molar-refractivity contribution in [2.75, 3.05) is 0 Å². The zero-order valence-corrected chi connectivity index (χ0v) is 14.9. The van der Waals surface area contributed by atoms with Crippen molar-refractivity contribution in [2.45, 2.75) is 25.0 Å². The molecular formula is C22H18FNO4. The quantitative estimate of drug-likeness (QED) is 0.650. The molecule has 3 aromatic rings. The number of furan rings is 1. The highest BCUT2D eigenvalue weighted by atomic mass is 19.1. The predicted molar refractivity (Wildman–Crippen MR) is 99.9 cm³/mol. The molecule has 1 heterocycles. The highest BCUT2D eigenvalue weighted by Crippen LogP contribution is 2.27. The fraction of sp³-hybridized carbons (Fsp3) is 0.182. The molecule has 6 heteroatoms. The summed E-state index contributed by atoms with van der Waals surface area (Å²) in [5, 5.41) is 2.85. The summed E-state index contributed by atoms with van der Waals surface area (Å²) in [5.74, 6) is -1.50. The lowest BCUT2D eigenvalue weighted by atomic mass is 10.1. The van der Waals surface area contributed by atoms with Crippen molar-refractivity contribution in [3.63, 3.8) is 0 Å². The van der Waals surface area contributed by atoms with Crippen LogP contribution in [0.4, 0.5) is 4.39 Å². The average molecular weight is 379 g/mol. The van der Waals surface area contributed by atoms with Crippen molar-refractivity contribution in [3.8, 4) is 11.3 Å². The van der Waals surface area contributed by atoms with Gasteiger partial charge in [-0.25, -0.2) is 9.18 Å². The first-order chi connectivity index (χ1) is 13.6. The summed E-state index contributed by atoms with van der Waals surface area (Å²) in [7, 11) is 0. The Balaban J connectivity index is 1.54. The van der Waals surface area contributed by atoms with Crippen LogP contribution in [0.1, 0.15) is 35.1 Å². The maximum absolute atomic E-state index is 13.9. The Morgan fingerprint density at radius 1 is 1.00 bits per heavy atom. The Hall–Kier alpha value is -3.41. The molecule has 5 nitrogen and oxygen atoms in total. The molecule has 4 rings (SSSR count). The Morgan fingerprint density at radius 2 is 1.71 bits per heavy atom. The number of esters is 1. The minimum atomic E-state index is -1.09. The largest absolute Gasteiger partial charge is 0.449 e. The van der Waals surface area contributed by atoms with Crippen LogP contribution < -0.4 is 5.32 Å². The maximum atomic E-state index is 13.9. The summed E-state index contributed by atoms with van der Waals surface area (Å²) in [5.41, 5.74) is 0.808.